The maximum absolute atomic E-state index is 12.8. The molecular weight excluding hydrogens is 304 g/mol. The van der Waals surface area contributed by atoms with Crippen molar-refractivity contribution in [3.05, 3.63) is 53.6 Å². The molecule has 128 valence electrons. The quantitative estimate of drug-likeness (QED) is 0.812. The molecule has 24 heavy (non-hydrogen) atoms. The number of rotatable bonds is 6. The van der Waals surface area contributed by atoms with Gasteiger partial charge < -0.3 is 14.6 Å². The highest BCUT2D eigenvalue weighted by Gasteiger charge is 2.35. The van der Waals surface area contributed by atoms with Crippen LogP contribution in [0.2, 0.25) is 0 Å². The van der Waals surface area contributed by atoms with Gasteiger partial charge in [-0.05, 0) is 5.56 Å². The summed E-state index contributed by atoms with van der Waals surface area (Å²) in [7, 11) is 3.58. The molecule has 3 rings (SSSR count). The lowest BCUT2D eigenvalue weighted by molar-refractivity contribution is -0.127. The zero-order chi connectivity index (χ0) is 16.9. The molecule has 1 aromatic carbocycles. The van der Waals surface area contributed by atoms with Crippen molar-refractivity contribution in [3.8, 4) is 0 Å². The molecule has 0 bridgehead atoms. The minimum atomic E-state index is -0.321. The number of aromatic nitrogens is 2. The van der Waals surface area contributed by atoms with Crippen molar-refractivity contribution >= 4 is 5.91 Å². The summed E-state index contributed by atoms with van der Waals surface area (Å²) in [5.41, 5.74) is 3.22. The first-order valence-corrected chi connectivity index (χ1v) is 8.25. The lowest BCUT2D eigenvalue weighted by Gasteiger charge is -2.35. The van der Waals surface area contributed by atoms with Gasteiger partial charge in [0, 0.05) is 40.2 Å². The van der Waals surface area contributed by atoms with E-state index in [1.54, 1.807) is 13.4 Å². The number of aryl methyl sites for hydroxylation is 1. The van der Waals surface area contributed by atoms with Crippen molar-refractivity contribution < 1.29 is 9.53 Å². The first-order valence-electron chi connectivity index (χ1n) is 8.25. The van der Waals surface area contributed by atoms with Gasteiger partial charge in [-0.1, -0.05) is 30.3 Å². The predicted octanol–water partition coefficient (Wildman–Crippen LogP) is 1.28. The number of ether oxygens (including phenoxy) is 1. The summed E-state index contributed by atoms with van der Waals surface area (Å²) >= 11 is 0. The van der Waals surface area contributed by atoms with E-state index in [9.17, 15) is 4.79 Å². The van der Waals surface area contributed by atoms with Gasteiger partial charge in [0.2, 0.25) is 5.91 Å². The minimum Gasteiger partial charge on any atom is -0.383 e. The van der Waals surface area contributed by atoms with Crippen LogP contribution in [0, 0.1) is 0 Å². The smallest absolute Gasteiger partial charge is 0.243 e. The molecule has 6 heteroatoms. The van der Waals surface area contributed by atoms with Crippen LogP contribution in [0.4, 0.5) is 0 Å². The summed E-state index contributed by atoms with van der Waals surface area (Å²) in [6, 6.07) is 9.94. The second-order valence-electron chi connectivity index (χ2n) is 6.08. The Kier molecular flexibility index (Phi) is 5.27. The molecule has 0 aliphatic carbocycles. The summed E-state index contributed by atoms with van der Waals surface area (Å²) in [6.45, 7) is 2.59. The molecule has 1 aromatic heterocycles. The second kappa shape index (κ2) is 7.59. The van der Waals surface area contributed by atoms with E-state index in [1.165, 1.54) is 5.56 Å². The van der Waals surface area contributed by atoms with Gasteiger partial charge in [0.05, 0.1) is 24.3 Å². The Bertz CT molecular complexity index is 684. The maximum Gasteiger partial charge on any atom is 0.243 e. The van der Waals surface area contributed by atoms with Gasteiger partial charge in [-0.15, -0.1) is 0 Å². The molecule has 0 radical (unpaired) electrons. The van der Waals surface area contributed by atoms with Gasteiger partial charge in [-0.3, -0.25) is 9.69 Å². The van der Waals surface area contributed by atoms with Gasteiger partial charge in [-0.25, -0.2) is 4.98 Å². The van der Waals surface area contributed by atoms with E-state index >= 15 is 0 Å². The third-order valence-electron chi connectivity index (χ3n) is 4.40. The third kappa shape index (κ3) is 3.49. The predicted molar refractivity (Wildman–Crippen MR) is 91.4 cm³/mol. The van der Waals surface area contributed by atoms with E-state index in [2.05, 4.69) is 27.3 Å². The van der Waals surface area contributed by atoms with Gasteiger partial charge in [0.15, 0.2) is 0 Å². The van der Waals surface area contributed by atoms with Crippen LogP contribution >= 0.6 is 0 Å². The van der Waals surface area contributed by atoms with Crippen LogP contribution in [-0.2, 0) is 29.5 Å². The fourth-order valence-electron chi connectivity index (χ4n) is 3.23. The van der Waals surface area contributed by atoms with E-state index in [0.717, 1.165) is 30.9 Å². The van der Waals surface area contributed by atoms with Crippen LogP contribution in [0.15, 0.2) is 36.7 Å². The molecule has 1 amide bonds. The average Bonchev–Trinajstić information content (AvgIpc) is 2.97. The van der Waals surface area contributed by atoms with Gasteiger partial charge in [-0.2, -0.15) is 0 Å². The zero-order valence-corrected chi connectivity index (χ0v) is 14.2. The molecule has 6 nitrogen and oxygen atoms in total. The van der Waals surface area contributed by atoms with Gasteiger partial charge in [0.25, 0.3) is 0 Å². The van der Waals surface area contributed by atoms with E-state index in [1.807, 2.05) is 29.8 Å². The molecular formula is C18H24N4O2. The number of carbonyl (C=O) groups excluding carboxylic acids is 1. The topological polar surface area (TPSA) is 59.4 Å². The molecule has 1 atom stereocenters. The molecule has 2 heterocycles. The van der Waals surface area contributed by atoms with E-state index in [0.29, 0.717) is 13.2 Å². The monoisotopic (exact) mass is 328 g/mol. The van der Waals surface area contributed by atoms with Crippen LogP contribution in [0.5, 0.6) is 0 Å². The lowest BCUT2D eigenvalue weighted by atomic mass is 10.0. The minimum absolute atomic E-state index is 0.00697. The highest BCUT2D eigenvalue weighted by atomic mass is 16.5. The number of hydrogen-bond acceptors (Lipinski definition) is 4. The standard InChI is InChI=1S/C18H24N4O2/c1-21-13-20-15-8-10-22(12-14-6-4-3-5-7-14)17(16(15)21)18(23)19-9-11-24-2/h3-7,13,17H,8-12H2,1-2H3,(H,19,23). The highest BCUT2D eigenvalue weighted by molar-refractivity contribution is 5.83. The van der Waals surface area contributed by atoms with Crippen LogP contribution in [-0.4, -0.2) is 47.2 Å². The number of amides is 1. The molecule has 1 unspecified atom stereocenters. The summed E-state index contributed by atoms with van der Waals surface area (Å²) in [6.07, 6.45) is 2.66. The van der Waals surface area contributed by atoms with Crippen LogP contribution in [0.25, 0.3) is 0 Å². The fraction of sp³-hybridized carbons (Fsp3) is 0.444. The Morgan fingerprint density at radius 1 is 1.38 bits per heavy atom. The highest BCUT2D eigenvalue weighted by Crippen LogP contribution is 2.30. The number of imidazole rings is 1. The van der Waals surface area contributed by atoms with E-state index in [4.69, 9.17) is 4.74 Å². The zero-order valence-electron chi connectivity index (χ0n) is 14.2. The Morgan fingerprint density at radius 3 is 2.92 bits per heavy atom. The Labute approximate surface area is 142 Å². The molecule has 0 saturated heterocycles. The molecule has 1 aliphatic heterocycles. The largest absolute Gasteiger partial charge is 0.383 e. The number of nitrogens with one attached hydrogen (secondary N) is 1. The average molecular weight is 328 g/mol. The van der Waals surface area contributed by atoms with Crippen molar-refractivity contribution in [3.63, 3.8) is 0 Å². The number of carbonyl (C=O) groups is 1. The number of nitrogens with zero attached hydrogens (tertiary/aromatic N) is 3. The number of fused-ring (bicyclic) bond motifs is 1. The number of methoxy groups -OCH3 is 1. The Balaban J connectivity index is 1.84. The Hall–Kier alpha value is -2.18. The molecule has 0 saturated carbocycles. The van der Waals surface area contributed by atoms with Crippen molar-refractivity contribution in [1.29, 1.82) is 0 Å². The first kappa shape index (κ1) is 16.7. The fourth-order valence-corrected chi connectivity index (χ4v) is 3.23. The number of benzene rings is 1. The summed E-state index contributed by atoms with van der Waals surface area (Å²) < 4.78 is 7.00. The van der Waals surface area contributed by atoms with Crippen LogP contribution < -0.4 is 5.32 Å². The second-order valence-corrected chi connectivity index (χ2v) is 6.08. The molecule has 1 aliphatic rings. The van der Waals surface area contributed by atoms with Gasteiger partial charge >= 0.3 is 0 Å². The van der Waals surface area contributed by atoms with Crippen molar-refractivity contribution in [2.45, 2.75) is 19.0 Å². The third-order valence-corrected chi connectivity index (χ3v) is 4.40. The van der Waals surface area contributed by atoms with E-state index < -0.39 is 0 Å². The molecule has 1 N–H and O–H groups in total. The van der Waals surface area contributed by atoms with Crippen LogP contribution in [0.3, 0.4) is 0 Å². The molecule has 0 spiro atoms. The SMILES string of the molecule is COCCNC(=O)C1c2c(ncn2C)CCN1Cc1ccccc1. The van der Waals surface area contributed by atoms with Crippen molar-refractivity contribution in [2.75, 3.05) is 26.8 Å². The Morgan fingerprint density at radius 2 is 2.17 bits per heavy atom. The maximum atomic E-state index is 12.8. The molecule has 0 fully saturated rings. The van der Waals surface area contributed by atoms with Crippen LogP contribution in [0.1, 0.15) is 23.0 Å². The van der Waals surface area contributed by atoms with Gasteiger partial charge in [0.1, 0.15) is 6.04 Å². The summed E-state index contributed by atoms with van der Waals surface area (Å²) in [5.74, 6) is 0.00697. The molecule has 2 aromatic rings. The normalized spacial score (nSPS) is 17.5. The lowest BCUT2D eigenvalue weighted by Crippen LogP contribution is -2.45. The first-order chi connectivity index (χ1) is 11.7. The summed E-state index contributed by atoms with van der Waals surface area (Å²) in [5, 5.41) is 2.98. The van der Waals surface area contributed by atoms with Crippen molar-refractivity contribution in [2.24, 2.45) is 7.05 Å². The van der Waals surface area contributed by atoms with E-state index in [-0.39, 0.29) is 11.9 Å². The summed E-state index contributed by atoms with van der Waals surface area (Å²) in [4.78, 5) is 19.5. The number of hydrogen-bond donors (Lipinski definition) is 1. The van der Waals surface area contributed by atoms with Crippen molar-refractivity contribution in [1.82, 2.24) is 19.8 Å².